The van der Waals surface area contributed by atoms with E-state index in [0.717, 1.165) is 25.8 Å². The molecule has 0 bridgehead atoms. The summed E-state index contributed by atoms with van der Waals surface area (Å²) in [7, 11) is 0. The van der Waals surface area contributed by atoms with Gasteiger partial charge in [0.25, 0.3) is 0 Å². The minimum absolute atomic E-state index is 0.174. The molecule has 1 fully saturated rings. The molecule has 1 atom stereocenters. The first-order valence-electron chi connectivity index (χ1n) is 8.25. The summed E-state index contributed by atoms with van der Waals surface area (Å²) in [6.45, 7) is 5.41. The highest BCUT2D eigenvalue weighted by atomic mass is 16.5. The summed E-state index contributed by atoms with van der Waals surface area (Å²) in [4.78, 5) is 18.7. The highest BCUT2D eigenvalue weighted by molar-refractivity contribution is 5.76. The lowest BCUT2D eigenvalue weighted by molar-refractivity contribution is -0.132. The minimum atomic E-state index is 0.174. The average molecular weight is 313 g/mol. The Morgan fingerprint density at radius 1 is 1.30 bits per heavy atom. The number of carbonyl (C=O) groups is 1. The van der Waals surface area contributed by atoms with E-state index in [0.29, 0.717) is 24.7 Å². The van der Waals surface area contributed by atoms with E-state index in [2.05, 4.69) is 41.3 Å². The maximum Gasteiger partial charge on any atom is 0.231 e. The summed E-state index contributed by atoms with van der Waals surface area (Å²) in [5.74, 6) is 1.71. The summed E-state index contributed by atoms with van der Waals surface area (Å²) in [5, 5.41) is 3.86. The molecule has 3 rings (SSSR count). The van der Waals surface area contributed by atoms with Gasteiger partial charge in [-0.2, -0.15) is 4.98 Å². The van der Waals surface area contributed by atoms with Crippen molar-refractivity contribution in [3.05, 3.63) is 47.1 Å². The van der Waals surface area contributed by atoms with Crippen LogP contribution in [0, 0.1) is 13.8 Å². The molecule has 2 heterocycles. The largest absolute Gasteiger partial charge is 0.342 e. The molecular formula is C18H23N3O2. The second-order valence-corrected chi connectivity index (χ2v) is 6.34. The molecule has 5 nitrogen and oxygen atoms in total. The number of hydrogen-bond acceptors (Lipinski definition) is 4. The van der Waals surface area contributed by atoms with Gasteiger partial charge in [0.2, 0.25) is 11.8 Å². The highest BCUT2D eigenvalue weighted by Crippen LogP contribution is 2.26. The quantitative estimate of drug-likeness (QED) is 0.870. The first-order valence-corrected chi connectivity index (χ1v) is 8.25. The lowest BCUT2D eigenvalue weighted by Crippen LogP contribution is -2.39. The number of likely N-dealkylation sites (tertiary alicyclic amines) is 1. The van der Waals surface area contributed by atoms with Crippen LogP contribution in [0.4, 0.5) is 0 Å². The SMILES string of the molecule is Cc1ccc(CCC(=O)N2CCC[C@H](c3nc(C)no3)C2)cc1. The molecule has 1 aromatic heterocycles. The van der Waals surface area contributed by atoms with E-state index in [1.54, 1.807) is 0 Å². The first-order chi connectivity index (χ1) is 11.1. The molecule has 0 N–H and O–H groups in total. The summed E-state index contributed by atoms with van der Waals surface area (Å²) in [6.07, 6.45) is 3.34. The van der Waals surface area contributed by atoms with E-state index in [9.17, 15) is 4.79 Å². The second kappa shape index (κ2) is 6.94. The van der Waals surface area contributed by atoms with Crippen molar-refractivity contribution in [2.75, 3.05) is 13.1 Å². The Balaban J connectivity index is 1.55. The van der Waals surface area contributed by atoms with E-state index in [1.807, 2.05) is 11.8 Å². The van der Waals surface area contributed by atoms with Gasteiger partial charge in [-0.25, -0.2) is 0 Å². The average Bonchev–Trinajstić information content (AvgIpc) is 3.01. The van der Waals surface area contributed by atoms with Crippen molar-refractivity contribution in [3.8, 4) is 0 Å². The maximum atomic E-state index is 12.5. The van der Waals surface area contributed by atoms with E-state index in [1.165, 1.54) is 11.1 Å². The predicted octanol–water partition coefficient (Wildman–Crippen LogP) is 3.03. The molecule has 1 amide bonds. The van der Waals surface area contributed by atoms with Gasteiger partial charge in [-0.15, -0.1) is 0 Å². The van der Waals surface area contributed by atoms with Gasteiger partial charge in [-0.1, -0.05) is 35.0 Å². The zero-order valence-electron chi connectivity index (χ0n) is 13.8. The molecule has 0 saturated carbocycles. The third kappa shape index (κ3) is 3.97. The van der Waals surface area contributed by atoms with Crippen LogP contribution in [0.25, 0.3) is 0 Å². The number of nitrogens with zero attached hydrogens (tertiary/aromatic N) is 3. The second-order valence-electron chi connectivity index (χ2n) is 6.34. The van der Waals surface area contributed by atoms with Crippen LogP contribution in [0.15, 0.2) is 28.8 Å². The lowest BCUT2D eigenvalue weighted by atomic mass is 9.97. The summed E-state index contributed by atoms with van der Waals surface area (Å²) < 4.78 is 5.27. The number of carbonyl (C=O) groups excluding carboxylic acids is 1. The van der Waals surface area contributed by atoms with Gasteiger partial charge in [-0.3, -0.25) is 4.79 Å². The number of amides is 1. The third-order valence-electron chi connectivity index (χ3n) is 4.41. The maximum absolute atomic E-state index is 12.5. The van der Waals surface area contributed by atoms with Crippen LogP contribution < -0.4 is 0 Å². The fraction of sp³-hybridized carbons (Fsp3) is 0.500. The van der Waals surface area contributed by atoms with Gasteiger partial charge >= 0.3 is 0 Å². The van der Waals surface area contributed by atoms with Crippen molar-refractivity contribution < 1.29 is 9.32 Å². The molecule has 1 aliphatic heterocycles. The van der Waals surface area contributed by atoms with Crippen LogP contribution in [0.1, 0.15) is 48.0 Å². The number of rotatable bonds is 4. The molecule has 1 saturated heterocycles. The molecule has 0 spiro atoms. The smallest absolute Gasteiger partial charge is 0.231 e. The summed E-state index contributed by atoms with van der Waals surface area (Å²) in [5.41, 5.74) is 2.46. The number of aryl methyl sites for hydroxylation is 3. The van der Waals surface area contributed by atoms with E-state index in [-0.39, 0.29) is 11.8 Å². The third-order valence-corrected chi connectivity index (χ3v) is 4.41. The van der Waals surface area contributed by atoms with Gasteiger partial charge in [0.1, 0.15) is 0 Å². The molecule has 23 heavy (non-hydrogen) atoms. The highest BCUT2D eigenvalue weighted by Gasteiger charge is 2.27. The molecule has 5 heteroatoms. The molecule has 0 radical (unpaired) electrons. The van der Waals surface area contributed by atoms with E-state index in [4.69, 9.17) is 4.52 Å². The van der Waals surface area contributed by atoms with Crippen LogP contribution in [0.5, 0.6) is 0 Å². The Morgan fingerprint density at radius 2 is 2.09 bits per heavy atom. The Hall–Kier alpha value is -2.17. The van der Waals surface area contributed by atoms with Crippen LogP contribution in [0.2, 0.25) is 0 Å². The molecule has 1 aromatic carbocycles. The van der Waals surface area contributed by atoms with E-state index >= 15 is 0 Å². The molecule has 0 aliphatic carbocycles. The Bertz CT molecular complexity index is 663. The molecule has 0 unspecified atom stereocenters. The Morgan fingerprint density at radius 3 is 2.78 bits per heavy atom. The topological polar surface area (TPSA) is 59.2 Å². The van der Waals surface area contributed by atoms with Crippen molar-refractivity contribution in [1.82, 2.24) is 15.0 Å². The number of aromatic nitrogens is 2. The van der Waals surface area contributed by atoms with Crippen LogP contribution in [0.3, 0.4) is 0 Å². The van der Waals surface area contributed by atoms with Crippen molar-refractivity contribution >= 4 is 5.91 Å². The minimum Gasteiger partial charge on any atom is -0.342 e. The molecular weight excluding hydrogens is 290 g/mol. The first kappa shape index (κ1) is 15.7. The van der Waals surface area contributed by atoms with Gasteiger partial charge in [0.05, 0.1) is 5.92 Å². The van der Waals surface area contributed by atoms with Gasteiger partial charge in [0, 0.05) is 19.5 Å². The van der Waals surface area contributed by atoms with Gasteiger partial charge in [0.15, 0.2) is 5.82 Å². The Labute approximate surface area is 136 Å². The standard InChI is InChI=1S/C18H23N3O2/c1-13-5-7-15(8-6-13)9-10-17(22)21-11-3-4-16(12-21)18-19-14(2)20-23-18/h5-8,16H,3-4,9-12H2,1-2H3/t16-/m0/s1. The number of benzene rings is 1. The molecule has 2 aromatic rings. The summed E-state index contributed by atoms with van der Waals surface area (Å²) in [6, 6.07) is 8.38. The fourth-order valence-electron chi connectivity index (χ4n) is 3.05. The number of hydrogen-bond donors (Lipinski definition) is 0. The Kier molecular flexibility index (Phi) is 4.74. The monoisotopic (exact) mass is 313 g/mol. The normalized spacial score (nSPS) is 18.2. The van der Waals surface area contributed by atoms with E-state index < -0.39 is 0 Å². The van der Waals surface area contributed by atoms with Crippen LogP contribution in [-0.2, 0) is 11.2 Å². The lowest BCUT2D eigenvalue weighted by Gasteiger charge is -2.31. The molecule has 122 valence electrons. The van der Waals surface area contributed by atoms with Gasteiger partial charge < -0.3 is 9.42 Å². The zero-order valence-corrected chi connectivity index (χ0v) is 13.8. The van der Waals surface area contributed by atoms with Crippen molar-refractivity contribution in [1.29, 1.82) is 0 Å². The number of piperidine rings is 1. The summed E-state index contributed by atoms with van der Waals surface area (Å²) >= 11 is 0. The van der Waals surface area contributed by atoms with Crippen LogP contribution in [-0.4, -0.2) is 34.0 Å². The fourth-order valence-corrected chi connectivity index (χ4v) is 3.05. The predicted molar refractivity (Wildman–Crippen MR) is 87.1 cm³/mol. The van der Waals surface area contributed by atoms with Crippen molar-refractivity contribution in [3.63, 3.8) is 0 Å². The zero-order chi connectivity index (χ0) is 16.2. The van der Waals surface area contributed by atoms with Crippen molar-refractivity contribution in [2.24, 2.45) is 0 Å². The van der Waals surface area contributed by atoms with Crippen molar-refractivity contribution in [2.45, 2.75) is 45.4 Å². The molecule has 1 aliphatic rings. The van der Waals surface area contributed by atoms with Gasteiger partial charge in [-0.05, 0) is 38.7 Å². The van der Waals surface area contributed by atoms with Crippen LogP contribution >= 0.6 is 0 Å².